The fourth-order valence-electron chi connectivity index (χ4n) is 9.34. The first-order valence-corrected chi connectivity index (χ1v) is 23.7. The van der Waals surface area contributed by atoms with E-state index >= 15 is 0 Å². The maximum atomic E-state index is 11.9. The number of aromatic hydroxyl groups is 1. The van der Waals surface area contributed by atoms with Gasteiger partial charge < -0.3 is 5.11 Å². The van der Waals surface area contributed by atoms with Crippen LogP contribution in [-0.2, 0) is 31.9 Å². The molecule has 350 valence electrons. The number of aromatic nitrogens is 3. The molecule has 1 N–H and O–H groups in total. The van der Waals surface area contributed by atoms with E-state index in [0.717, 1.165) is 66.9 Å². The Morgan fingerprint density at radius 1 is 0.514 bits per heavy atom. The number of hydrogen-bond acceptors (Lipinski definition) is 3. The molecule has 2 aromatic heterocycles. The van der Waals surface area contributed by atoms with Crippen molar-refractivity contribution in [2.24, 2.45) is 0 Å². The van der Waals surface area contributed by atoms with Crippen molar-refractivity contribution in [1.29, 1.82) is 0 Å². The quantitative estimate of drug-likeness (QED) is 0.154. The maximum Gasteiger partial charge on any atom is 0.148 e. The summed E-state index contributed by atoms with van der Waals surface area (Å²) in [5, 5.41) is 11.9. The first-order chi connectivity index (χ1) is 34.3. The van der Waals surface area contributed by atoms with Crippen molar-refractivity contribution in [3.8, 4) is 89.7 Å². The Morgan fingerprint density at radius 3 is 1.73 bits per heavy atom. The Bertz CT molecular complexity index is 3630. The smallest absolute Gasteiger partial charge is 0.148 e. The van der Waals surface area contributed by atoms with Crippen molar-refractivity contribution < 1.29 is 30.3 Å². The molecule has 70 heavy (non-hydrogen) atoms. The molecular formula is C65H58N3OPt-. The number of imidazole rings is 1. The van der Waals surface area contributed by atoms with E-state index in [1.807, 2.05) is 103 Å². The Labute approximate surface area is 432 Å². The number of nitrogens with zero attached hydrogens (tertiary/aromatic N) is 3. The summed E-state index contributed by atoms with van der Waals surface area (Å²) < 4.78 is 29.2. The number of aryl methyl sites for hydroxylation is 3. The first-order valence-electron chi connectivity index (χ1n) is 25.2. The van der Waals surface area contributed by atoms with Crippen LogP contribution in [-0.4, -0.2) is 19.6 Å². The van der Waals surface area contributed by atoms with Crippen molar-refractivity contribution in [3.05, 3.63) is 216 Å². The Balaban J connectivity index is 0.00000656. The Kier molecular flexibility index (Phi) is 12.0. The molecule has 0 fully saturated rings. The van der Waals surface area contributed by atoms with Crippen LogP contribution in [0.1, 0.15) is 73.5 Å². The fourth-order valence-corrected chi connectivity index (χ4v) is 9.34. The summed E-state index contributed by atoms with van der Waals surface area (Å²) in [7, 11) is 0. The van der Waals surface area contributed by atoms with Crippen molar-refractivity contribution in [2.45, 2.75) is 73.1 Å². The second-order valence-corrected chi connectivity index (χ2v) is 20.4. The summed E-state index contributed by atoms with van der Waals surface area (Å²) in [6.07, 6.45) is 1.85. The van der Waals surface area contributed by atoms with Gasteiger partial charge in [0, 0.05) is 37.1 Å². The van der Waals surface area contributed by atoms with Crippen LogP contribution in [0.4, 0.5) is 0 Å². The van der Waals surface area contributed by atoms with E-state index in [2.05, 4.69) is 145 Å². The first kappa shape index (κ1) is 44.1. The van der Waals surface area contributed by atoms with E-state index in [9.17, 15) is 5.11 Å². The predicted octanol–water partition coefficient (Wildman–Crippen LogP) is 17.1. The van der Waals surface area contributed by atoms with Crippen molar-refractivity contribution in [2.75, 3.05) is 0 Å². The van der Waals surface area contributed by atoms with E-state index in [-0.39, 0.29) is 43.2 Å². The number of fused-ring (bicyclic) bond motifs is 1. The minimum Gasteiger partial charge on any atom is -0.507 e. The zero-order valence-corrected chi connectivity index (χ0v) is 43.2. The number of pyridine rings is 1. The standard InChI is InChI=1S/C65H58N3O.Pt/c1-41-31-43(3)62(69)57(32-41)63-67-61-56(21-16-22-60(61)68(63)59-28-27-48(33-42(59)2)51-37-54(64(4,5)6)40-55(38-51)65(7,8)9)52-34-50(45-19-14-11-15-20-45)35-53(36-52)58-39-49(29-30-66-58)47-25-23-46(24-26-47)44-17-12-10-13-18-44;/h10-35,37-40,69H,1-9H3;/q-1;/i2D3;. The second-order valence-electron chi connectivity index (χ2n) is 20.4. The zero-order valence-electron chi connectivity index (χ0n) is 43.9. The maximum absolute atomic E-state index is 11.9. The molecule has 0 saturated carbocycles. The number of phenols is 1. The Morgan fingerprint density at radius 2 is 1.09 bits per heavy atom. The van der Waals surface area contributed by atoms with Gasteiger partial charge in [0.1, 0.15) is 11.6 Å². The van der Waals surface area contributed by atoms with Gasteiger partial charge in [-0.1, -0.05) is 192 Å². The van der Waals surface area contributed by atoms with Gasteiger partial charge in [-0.2, -0.15) is 0 Å². The van der Waals surface area contributed by atoms with Crippen LogP contribution in [0.3, 0.4) is 0 Å². The van der Waals surface area contributed by atoms with E-state index in [0.29, 0.717) is 33.7 Å². The van der Waals surface area contributed by atoms with Crippen molar-refractivity contribution in [3.63, 3.8) is 0 Å². The van der Waals surface area contributed by atoms with Crippen molar-refractivity contribution >= 4 is 11.0 Å². The van der Waals surface area contributed by atoms with Crippen LogP contribution in [0.5, 0.6) is 5.75 Å². The van der Waals surface area contributed by atoms with E-state index in [4.69, 9.17) is 14.1 Å². The van der Waals surface area contributed by atoms with Crippen LogP contribution < -0.4 is 0 Å². The summed E-state index contributed by atoms with van der Waals surface area (Å²) in [5.41, 5.74) is 17.5. The van der Waals surface area contributed by atoms with Crippen LogP contribution in [0.15, 0.2) is 182 Å². The molecule has 0 amide bonds. The molecule has 2 heterocycles. The normalized spacial score (nSPS) is 12.5. The summed E-state index contributed by atoms with van der Waals surface area (Å²) in [5.74, 6) is 0.511. The molecule has 0 unspecified atom stereocenters. The van der Waals surface area contributed by atoms with E-state index in [1.54, 1.807) is 0 Å². The largest absolute Gasteiger partial charge is 0.507 e. The number of benzene rings is 8. The number of phenolic OH excluding ortho intramolecular Hbond substituents is 1. The average Bonchev–Trinajstić information content (AvgIpc) is 3.76. The molecule has 4 nitrogen and oxygen atoms in total. The molecule has 0 aliphatic heterocycles. The van der Waals surface area contributed by atoms with E-state index < -0.39 is 6.85 Å². The summed E-state index contributed by atoms with van der Waals surface area (Å²) >= 11 is 0. The van der Waals surface area contributed by atoms with E-state index in [1.165, 1.54) is 16.7 Å². The number of rotatable bonds is 8. The Hall–Kier alpha value is -7.13. The van der Waals surface area contributed by atoms with Gasteiger partial charge in [0.2, 0.25) is 0 Å². The zero-order chi connectivity index (χ0) is 50.7. The summed E-state index contributed by atoms with van der Waals surface area (Å²) in [6.45, 7) is 14.6. The molecule has 0 aliphatic carbocycles. The molecule has 0 saturated heterocycles. The van der Waals surface area contributed by atoms with Gasteiger partial charge in [0.25, 0.3) is 0 Å². The topological polar surface area (TPSA) is 50.9 Å². The van der Waals surface area contributed by atoms with Gasteiger partial charge in [-0.15, -0.1) is 23.8 Å². The van der Waals surface area contributed by atoms with Gasteiger partial charge in [-0.25, -0.2) is 4.98 Å². The molecule has 10 aromatic rings. The summed E-state index contributed by atoms with van der Waals surface area (Å²) in [6, 6.07) is 63.7. The SMILES string of the molecule is [2H]C([2H])([2H])c1cc(-c2cc(C(C)(C)C)cc(C(C)(C)C)c2)ccc1-n1c(-c2cc(C)cc(C)c2O)nc2c(-c3[c-]c(-c4cc(-c5ccc(-c6ccccc6)cc5)ccn4)cc(-c4ccccc4)c3)cccc21.[Pt]. The molecule has 0 atom stereocenters. The molecule has 0 spiro atoms. The van der Waals surface area contributed by atoms with Crippen LogP contribution in [0.2, 0.25) is 0 Å². The molecule has 0 bridgehead atoms. The minimum atomic E-state index is -2.52. The predicted molar refractivity (Wildman–Crippen MR) is 289 cm³/mol. The molecule has 10 rings (SSSR count). The molecule has 5 heteroatoms. The third-order valence-corrected chi connectivity index (χ3v) is 13.2. The summed E-state index contributed by atoms with van der Waals surface area (Å²) in [4.78, 5) is 10.3. The van der Waals surface area contributed by atoms with Gasteiger partial charge in [0.05, 0.1) is 22.3 Å². The van der Waals surface area contributed by atoms with Crippen LogP contribution in [0, 0.1) is 26.8 Å². The molecule has 0 aliphatic rings. The van der Waals surface area contributed by atoms with Gasteiger partial charge in [0.15, 0.2) is 0 Å². The number of hydrogen-bond donors (Lipinski definition) is 1. The third kappa shape index (κ3) is 9.46. The van der Waals surface area contributed by atoms with Crippen LogP contribution in [0.25, 0.3) is 95.0 Å². The number of para-hydroxylation sites is 1. The van der Waals surface area contributed by atoms with Gasteiger partial charge in [-0.05, 0) is 129 Å². The monoisotopic (exact) mass is 1090 g/mol. The molecule has 8 aromatic carbocycles. The van der Waals surface area contributed by atoms with Gasteiger partial charge in [-0.3, -0.25) is 9.55 Å². The van der Waals surface area contributed by atoms with Crippen molar-refractivity contribution in [1.82, 2.24) is 14.5 Å². The second kappa shape index (κ2) is 19.0. The van der Waals surface area contributed by atoms with Crippen LogP contribution >= 0.6 is 0 Å². The molecule has 0 radical (unpaired) electrons. The average molecular weight is 1100 g/mol. The third-order valence-electron chi connectivity index (χ3n) is 13.2. The fraction of sp³-hybridized carbons (Fsp3) is 0.169. The minimum absolute atomic E-state index is 0. The molecular weight excluding hydrogens is 1030 g/mol. The van der Waals surface area contributed by atoms with Gasteiger partial charge >= 0.3 is 0 Å².